The molecule has 0 aliphatic carbocycles. The van der Waals surface area contributed by atoms with Crippen LogP contribution in [0.15, 0.2) is 24.3 Å². The zero-order valence-electron chi connectivity index (χ0n) is 12.8. The van der Waals surface area contributed by atoms with E-state index in [1.165, 1.54) is 12.1 Å². The Hall–Kier alpha value is -1.95. The van der Waals surface area contributed by atoms with E-state index >= 15 is 0 Å². The number of nitro groups is 1. The minimum absolute atomic E-state index is 0.0323. The smallest absolute Gasteiger partial charge is 0.269 e. The van der Waals surface area contributed by atoms with Gasteiger partial charge < -0.3 is 10.0 Å². The fourth-order valence-corrected chi connectivity index (χ4v) is 2.88. The number of aliphatic hydroxyl groups is 1. The number of aliphatic hydroxyl groups excluding tert-OH is 1. The first-order valence-corrected chi connectivity index (χ1v) is 7.61. The number of carbonyl (C=O) groups is 1. The molecule has 1 N–H and O–H groups in total. The fourth-order valence-electron chi connectivity index (χ4n) is 2.88. The van der Waals surface area contributed by atoms with Crippen LogP contribution >= 0.6 is 0 Å². The molecule has 2 rings (SSSR count). The SMILES string of the molecule is CCC1(CO)CCN(C(=O)Cc2ccc([N+](=O)[O-])cc2)CC1. The first-order chi connectivity index (χ1) is 10.5. The van der Waals surface area contributed by atoms with Crippen molar-refractivity contribution in [1.29, 1.82) is 0 Å². The Labute approximate surface area is 129 Å². The van der Waals surface area contributed by atoms with E-state index in [2.05, 4.69) is 6.92 Å². The number of hydrogen-bond acceptors (Lipinski definition) is 4. The summed E-state index contributed by atoms with van der Waals surface area (Å²) in [5, 5.41) is 20.1. The van der Waals surface area contributed by atoms with Gasteiger partial charge in [-0.2, -0.15) is 0 Å². The Morgan fingerprint density at radius 1 is 1.32 bits per heavy atom. The highest BCUT2D eigenvalue weighted by Crippen LogP contribution is 2.34. The van der Waals surface area contributed by atoms with Crippen LogP contribution in [0.3, 0.4) is 0 Å². The van der Waals surface area contributed by atoms with Gasteiger partial charge in [-0.15, -0.1) is 0 Å². The number of hydrogen-bond donors (Lipinski definition) is 1. The van der Waals surface area contributed by atoms with Crippen molar-refractivity contribution in [3.63, 3.8) is 0 Å². The second-order valence-electron chi connectivity index (χ2n) is 5.99. The van der Waals surface area contributed by atoms with E-state index in [9.17, 15) is 20.0 Å². The number of likely N-dealkylation sites (tertiary alicyclic amines) is 1. The van der Waals surface area contributed by atoms with Crippen molar-refractivity contribution in [1.82, 2.24) is 4.90 Å². The normalized spacial score (nSPS) is 17.3. The molecule has 1 saturated heterocycles. The molecule has 6 heteroatoms. The number of benzene rings is 1. The minimum atomic E-state index is -0.449. The van der Waals surface area contributed by atoms with Gasteiger partial charge in [0.15, 0.2) is 0 Å². The van der Waals surface area contributed by atoms with Crippen molar-refractivity contribution in [2.45, 2.75) is 32.6 Å². The second-order valence-corrected chi connectivity index (χ2v) is 5.99. The van der Waals surface area contributed by atoms with Gasteiger partial charge in [0.05, 0.1) is 11.3 Å². The molecule has 1 aromatic rings. The molecule has 0 bridgehead atoms. The summed E-state index contributed by atoms with van der Waals surface area (Å²) in [6.07, 6.45) is 2.84. The molecule has 0 radical (unpaired) electrons. The Balaban J connectivity index is 1.92. The lowest BCUT2D eigenvalue weighted by atomic mass is 9.77. The molecule has 0 unspecified atom stereocenters. The standard InChI is InChI=1S/C16H22N2O4/c1-2-16(12-19)7-9-17(10-8-16)15(20)11-13-3-5-14(6-4-13)18(21)22/h3-6,19H,2,7-12H2,1H3. The van der Waals surface area contributed by atoms with E-state index in [4.69, 9.17) is 0 Å². The molecule has 6 nitrogen and oxygen atoms in total. The topological polar surface area (TPSA) is 83.7 Å². The zero-order valence-corrected chi connectivity index (χ0v) is 12.8. The molecular formula is C16H22N2O4. The largest absolute Gasteiger partial charge is 0.396 e. The molecule has 1 aliphatic rings. The Kier molecular flexibility index (Phi) is 5.13. The highest BCUT2D eigenvalue weighted by atomic mass is 16.6. The van der Waals surface area contributed by atoms with Crippen LogP contribution < -0.4 is 0 Å². The highest BCUT2D eigenvalue weighted by molar-refractivity contribution is 5.79. The van der Waals surface area contributed by atoms with E-state index in [-0.39, 0.29) is 30.0 Å². The predicted octanol–water partition coefficient (Wildman–Crippen LogP) is 2.15. The average molecular weight is 306 g/mol. The third-order valence-electron chi connectivity index (χ3n) is 4.76. The molecular weight excluding hydrogens is 284 g/mol. The summed E-state index contributed by atoms with van der Waals surface area (Å²) in [6, 6.07) is 6.10. The summed E-state index contributed by atoms with van der Waals surface area (Å²) in [6.45, 7) is 3.58. The summed E-state index contributed by atoms with van der Waals surface area (Å²) in [4.78, 5) is 24.3. The summed E-state index contributed by atoms with van der Waals surface area (Å²) < 4.78 is 0. The van der Waals surface area contributed by atoms with E-state index in [0.29, 0.717) is 13.1 Å². The van der Waals surface area contributed by atoms with Crippen molar-refractivity contribution in [2.75, 3.05) is 19.7 Å². The van der Waals surface area contributed by atoms with Crippen LogP contribution in [0.2, 0.25) is 0 Å². The van der Waals surface area contributed by atoms with Gasteiger partial charge in [-0.1, -0.05) is 19.1 Å². The summed E-state index contributed by atoms with van der Waals surface area (Å²) >= 11 is 0. The van der Waals surface area contributed by atoms with Gasteiger partial charge in [-0.05, 0) is 30.2 Å². The molecule has 1 fully saturated rings. The molecule has 1 aliphatic heterocycles. The fraction of sp³-hybridized carbons (Fsp3) is 0.562. The lowest BCUT2D eigenvalue weighted by Crippen LogP contribution is -2.44. The minimum Gasteiger partial charge on any atom is -0.396 e. The summed E-state index contributed by atoms with van der Waals surface area (Å²) in [7, 11) is 0. The van der Waals surface area contributed by atoms with Crippen molar-refractivity contribution in [3.8, 4) is 0 Å². The van der Waals surface area contributed by atoms with Gasteiger partial charge in [-0.25, -0.2) is 0 Å². The average Bonchev–Trinajstić information content (AvgIpc) is 2.55. The molecule has 0 aromatic heterocycles. The Morgan fingerprint density at radius 3 is 2.36 bits per heavy atom. The third kappa shape index (κ3) is 3.62. The number of nitro benzene ring substituents is 1. The first-order valence-electron chi connectivity index (χ1n) is 7.61. The number of amides is 1. The second kappa shape index (κ2) is 6.87. The molecule has 22 heavy (non-hydrogen) atoms. The van der Waals surface area contributed by atoms with E-state index in [1.54, 1.807) is 12.1 Å². The Morgan fingerprint density at radius 2 is 1.91 bits per heavy atom. The van der Waals surface area contributed by atoms with Crippen LogP contribution in [0.5, 0.6) is 0 Å². The first kappa shape index (κ1) is 16.4. The van der Waals surface area contributed by atoms with E-state index in [0.717, 1.165) is 24.8 Å². The van der Waals surface area contributed by atoms with Gasteiger partial charge in [0.1, 0.15) is 0 Å². The lowest BCUT2D eigenvalue weighted by molar-refractivity contribution is -0.384. The quantitative estimate of drug-likeness (QED) is 0.667. The van der Waals surface area contributed by atoms with Gasteiger partial charge in [0, 0.05) is 31.8 Å². The van der Waals surface area contributed by atoms with Crippen LogP contribution in [0.4, 0.5) is 5.69 Å². The van der Waals surface area contributed by atoms with Crippen LogP contribution in [0.25, 0.3) is 0 Å². The molecule has 0 atom stereocenters. The molecule has 1 heterocycles. The molecule has 120 valence electrons. The van der Waals surface area contributed by atoms with Gasteiger partial charge in [0.2, 0.25) is 5.91 Å². The Bertz CT molecular complexity index is 528. The van der Waals surface area contributed by atoms with Crippen LogP contribution in [0, 0.1) is 15.5 Å². The zero-order chi connectivity index (χ0) is 16.2. The van der Waals surface area contributed by atoms with Crippen molar-refractivity contribution in [3.05, 3.63) is 39.9 Å². The monoisotopic (exact) mass is 306 g/mol. The van der Waals surface area contributed by atoms with Crippen LogP contribution in [-0.2, 0) is 11.2 Å². The number of non-ortho nitro benzene ring substituents is 1. The number of carbonyl (C=O) groups excluding carboxylic acids is 1. The number of piperidine rings is 1. The van der Waals surface area contributed by atoms with Crippen LogP contribution in [-0.4, -0.2) is 40.5 Å². The molecule has 1 aromatic carbocycles. The van der Waals surface area contributed by atoms with Crippen molar-refractivity contribution in [2.24, 2.45) is 5.41 Å². The molecule has 0 saturated carbocycles. The number of rotatable bonds is 5. The van der Waals surface area contributed by atoms with Gasteiger partial charge in [-0.3, -0.25) is 14.9 Å². The molecule has 1 amide bonds. The maximum absolute atomic E-state index is 12.3. The van der Waals surface area contributed by atoms with Crippen molar-refractivity contribution >= 4 is 11.6 Å². The maximum Gasteiger partial charge on any atom is 0.269 e. The maximum atomic E-state index is 12.3. The lowest BCUT2D eigenvalue weighted by Gasteiger charge is -2.40. The van der Waals surface area contributed by atoms with E-state index < -0.39 is 4.92 Å². The van der Waals surface area contributed by atoms with Crippen molar-refractivity contribution < 1.29 is 14.8 Å². The predicted molar refractivity (Wildman–Crippen MR) is 82.4 cm³/mol. The molecule has 0 spiro atoms. The number of nitrogens with zero attached hydrogens (tertiary/aromatic N) is 2. The van der Waals surface area contributed by atoms with Gasteiger partial charge in [0.25, 0.3) is 5.69 Å². The summed E-state index contributed by atoms with van der Waals surface area (Å²) in [5.41, 5.74) is 0.777. The summed E-state index contributed by atoms with van der Waals surface area (Å²) in [5.74, 6) is 0.0384. The third-order valence-corrected chi connectivity index (χ3v) is 4.76. The van der Waals surface area contributed by atoms with E-state index in [1.807, 2.05) is 4.90 Å². The van der Waals surface area contributed by atoms with Gasteiger partial charge >= 0.3 is 0 Å². The highest BCUT2D eigenvalue weighted by Gasteiger charge is 2.33. The van der Waals surface area contributed by atoms with Crippen LogP contribution in [0.1, 0.15) is 31.7 Å².